The summed E-state index contributed by atoms with van der Waals surface area (Å²) in [6.45, 7) is 7.93. The van der Waals surface area contributed by atoms with Crippen molar-refractivity contribution in [2.24, 2.45) is 0 Å². The standard InChI is InChI=1S/C16H28N2O6/c1-4-14(19)22-11-12-23-15(20)17-9-7-5-6-8-10-18-16(21)24-13(2)3/h4,13H,1,5-12H2,2-3H3,(H,17,20)(H,18,21). The van der Waals surface area contributed by atoms with Gasteiger partial charge in [0.05, 0.1) is 6.10 Å². The topological polar surface area (TPSA) is 103 Å². The lowest BCUT2D eigenvalue weighted by molar-refractivity contribution is -0.138. The minimum atomic E-state index is -0.550. The van der Waals surface area contributed by atoms with Crippen LogP contribution in [0.1, 0.15) is 39.5 Å². The van der Waals surface area contributed by atoms with Crippen LogP contribution in [0.2, 0.25) is 0 Å². The summed E-state index contributed by atoms with van der Waals surface area (Å²) in [5.74, 6) is -0.550. The van der Waals surface area contributed by atoms with Gasteiger partial charge in [-0.15, -0.1) is 0 Å². The van der Waals surface area contributed by atoms with Gasteiger partial charge in [-0.05, 0) is 26.7 Å². The van der Waals surface area contributed by atoms with Gasteiger partial charge in [0.15, 0.2) is 0 Å². The number of hydrogen-bond acceptors (Lipinski definition) is 6. The van der Waals surface area contributed by atoms with Crippen molar-refractivity contribution in [1.29, 1.82) is 0 Å². The molecule has 0 aliphatic rings. The molecule has 0 atom stereocenters. The highest BCUT2D eigenvalue weighted by Gasteiger charge is 2.04. The molecule has 0 aliphatic carbocycles. The highest BCUT2D eigenvalue weighted by atomic mass is 16.6. The zero-order valence-electron chi connectivity index (χ0n) is 14.5. The molecule has 0 aromatic heterocycles. The van der Waals surface area contributed by atoms with Gasteiger partial charge in [0, 0.05) is 19.2 Å². The van der Waals surface area contributed by atoms with Crippen molar-refractivity contribution < 1.29 is 28.6 Å². The summed E-state index contributed by atoms with van der Waals surface area (Å²) in [5, 5.41) is 5.27. The molecular weight excluding hydrogens is 316 g/mol. The van der Waals surface area contributed by atoms with Crippen molar-refractivity contribution in [3.8, 4) is 0 Å². The van der Waals surface area contributed by atoms with Gasteiger partial charge in [-0.2, -0.15) is 0 Å². The minimum absolute atomic E-state index is 0.00353. The molecule has 2 amide bonds. The van der Waals surface area contributed by atoms with E-state index in [4.69, 9.17) is 9.47 Å². The fraction of sp³-hybridized carbons (Fsp3) is 0.688. The predicted molar refractivity (Wildman–Crippen MR) is 88.6 cm³/mol. The molecule has 0 saturated heterocycles. The molecule has 138 valence electrons. The van der Waals surface area contributed by atoms with Crippen LogP contribution in [0, 0.1) is 0 Å². The maximum Gasteiger partial charge on any atom is 0.407 e. The van der Waals surface area contributed by atoms with Crippen molar-refractivity contribution in [2.45, 2.75) is 45.6 Å². The first-order chi connectivity index (χ1) is 11.5. The zero-order valence-corrected chi connectivity index (χ0v) is 14.5. The quantitative estimate of drug-likeness (QED) is 0.243. The Morgan fingerprint density at radius 2 is 1.46 bits per heavy atom. The molecular formula is C16H28N2O6. The maximum atomic E-state index is 11.3. The van der Waals surface area contributed by atoms with E-state index in [9.17, 15) is 14.4 Å². The first-order valence-electron chi connectivity index (χ1n) is 8.10. The summed E-state index contributed by atoms with van der Waals surface area (Å²) < 4.78 is 14.4. The molecule has 8 nitrogen and oxygen atoms in total. The van der Waals surface area contributed by atoms with E-state index in [0.29, 0.717) is 13.1 Å². The number of hydrogen-bond donors (Lipinski definition) is 2. The average molecular weight is 344 g/mol. The van der Waals surface area contributed by atoms with Crippen molar-refractivity contribution >= 4 is 18.2 Å². The van der Waals surface area contributed by atoms with Crippen molar-refractivity contribution in [3.05, 3.63) is 12.7 Å². The zero-order chi connectivity index (χ0) is 18.2. The van der Waals surface area contributed by atoms with Crippen LogP contribution >= 0.6 is 0 Å². The van der Waals surface area contributed by atoms with E-state index in [2.05, 4.69) is 21.9 Å². The van der Waals surface area contributed by atoms with Crippen molar-refractivity contribution in [2.75, 3.05) is 26.3 Å². The number of esters is 1. The number of carbonyl (C=O) groups is 3. The lowest BCUT2D eigenvalue weighted by Gasteiger charge is -2.09. The fourth-order valence-electron chi connectivity index (χ4n) is 1.63. The fourth-order valence-corrected chi connectivity index (χ4v) is 1.63. The van der Waals surface area contributed by atoms with Gasteiger partial charge in [-0.1, -0.05) is 19.4 Å². The predicted octanol–water partition coefficient (Wildman–Crippen LogP) is 2.14. The van der Waals surface area contributed by atoms with Gasteiger partial charge in [0.25, 0.3) is 0 Å². The number of unbranched alkanes of at least 4 members (excludes halogenated alkanes) is 3. The van der Waals surface area contributed by atoms with Crippen LogP contribution < -0.4 is 10.6 Å². The van der Waals surface area contributed by atoms with Crippen LogP contribution in [-0.2, 0) is 19.0 Å². The number of ether oxygens (including phenoxy) is 3. The Morgan fingerprint density at radius 3 is 2.00 bits per heavy atom. The summed E-state index contributed by atoms with van der Waals surface area (Å²) in [4.78, 5) is 33.2. The van der Waals surface area contributed by atoms with Gasteiger partial charge < -0.3 is 24.8 Å². The first kappa shape index (κ1) is 21.8. The lowest BCUT2D eigenvalue weighted by Crippen LogP contribution is -2.28. The second-order valence-corrected chi connectivity index (χ2v) is 5.23. The molecule has 0 unspecified atom stereocenters. The van der Waals surface area contributed by atoms with Gasteiger partial charge in [-0.25, -0.2) is 14.4 Å². The molecule has 0 rings (SSSR count). The maximum absolute atomic E-state index is 11.3. The lowest BCUT2D eigenvalue weighted by atomic mass is 10.2. The van der Waals surface area contributed by atoms with Gasteiger partial charge in [0.1, 0.15) is 13.2 Å². The van der Waals surface area contributed by atoms with Crippen LogP contribution in [0.15, 0.2) is 12.7 Å². The van der Waals surface area contributed by atoms with E-state index in [1.165, 1.54) is 0 Å². The van der Waals surface area contributed by atoms with E-state index in [1.54, 1.807) is 13.8 Å². The average Bonchev–Trinajstić information content (AvgIpc) is 2.53. The Hall–Kier alpha value is -2.25. The number of alkyl carbamates (subject to hydrolysis) is 2. The van der Waals surface area contributed by atoms with Crippen LogP contribution in [0.3, 0.4) is 0 Å². The van der Waals surface area contributed by atoms with Crippen molar-refractivity contribution in [3.63, 3.8) is 0 Å². The van der Waals surface area contributed by atoms with E-state index < -0.39 is 18.2 Å². The number of amides is 2. The van der Waals surface area contributed by atoms with Crippen LogP contribution in [-0.4, -0.2) is 50.6 Å². The molecule has 24 heavy (non-hydrogen) atoms. The number of nitrogens with one attached hydrogen (secondary N) is 2. The molecule has 0 aromatic carbocycles. The van der Waals surface area contributed by atoms with Gasteiger partial charge >= 0.3 is 18.2 Å². The molecule has 0 bridgehead atoms. The highest BCUT2D eigenvalue weighted by molar-refractivity contribution is 5.81. The molecule has 0 aliphatic heterocycles. The molecule has 0 aromatic rings. The number of carbonyl (C=O) groups excluding carboxylic acids is 3. The smallest absolute Gasteiger partial charge is 0.407 e. The Kier molecular flexibility index (Phi) is 13.0. The summed E-state index contributed by atoms with van der Waals surface area (Å²) >= 11 is 0. The molecule has 0 saturated carbocycles. The first-order valence-corrected chi connectivity index (χ1v) is 8.10. The molecule has 8 heteroatoms. The molecule has 0 radical (unpaired) electrons. The van der Waals surface area contributed by atoms with E-state index in [0.717, 1.165) is 31.8 Å². The van der Waals surface area contributed by atoms with Crippen LogP contribution in [0.25, 0.3) is 0 Å². The van der Waals surface area contributed by atoms with E-state index >= 15 is 0 Å². The number of rotatable bonds is 12. The Labute approximate surface area is 142 Å². The molecule has 2 N–H and O–H groups in total. The monoisotopic (exact) mass is 344 g/mol. The molecule has 0 spiro atoms. The SMILES string of the molecule is C=CC(=O)OCCOC(=O)NCCCCCCNC(=O)OC(C)C. The van der Waals surface area contributed by atoms with E-state index in [1.807, 2.05) is 0 Å². The summed E-state index contributed by atoms with van der Waals surface area (Å²) in [7, 11) is 0. The Morgan fingerprint density at radius 1 is 0.917 bits per heavy atom. The third-order valence-electron chi connectivity index (χ3n) is 2.71. The third kappa shape index (κ3) is 14.7. The normalized spacial score (nSPS) is 9.96. The van der Waals surface area contributed by atoms with Crippen LogP contribution in [0.4, 0.5) is 9.59 Å². The van der Waals surface area contributed by atoms with Crippen molar-refractivity contribution in [1.82, 2.24) is 10.6 Å². The molecule has 0 fully saturated rings. The minimum Gasteiger partial charge on any atom is -0.459 e. The van der Waals surface area contributed by atoms with Gasteiger partial charge in [0.2, 0.25) is 0 Å². The highest BCUT2D eigenvalue weighted by Crippen LogP contribution is 1.98. The van der Waals surface area contributed by atoms with Gasteiger partial charge in [-0.3, -0.25) is 0 Å². The second kappa shape index (κ2) is 14.3. The summed E-state index contributed by atoms with van der Waals surface area (Å²) in [6, 6.07) is 0. The second-order valence-electron chi connectivity index (χ2n) is 5.23. The largest absolute Gasteiger partial charge is 0.459 e. The van der Waals surface area contributed by atoms with E-state index in [-0.39, 0.29) is 19.3 Å². The molecule has 0 heterocycles. The summed E-state index contributed by atoms with van der Waals surface area (Å²) in [5.41, 5.74) is 0. The summed E-state index contributed by atoms with van der Waals surface area (Å²) in [6.07, 6.45) is 3.53. The Balaban J connectivity index is 3.34. The third-order valence-corrected chi connectivity index (χ3v) is 2.71. The Bertz CT molecular complexity index is 398. The van der Waals surface area contributed by atoms with Crippen LogP contribution in [0.5, 0.6) is 0 Å².